The number of aryl methyl sites for hydroxylation is 1. The molecule has 0 atom stereocenters. The Morgan fingerprint density at radius 3 is 2.43 bits per heavy atom. The topological polar surface area (TPSA) is 72.5 Å². The molecule has 0 fully saturated rings. The molecular formula is C20H18F3N3O3S. The summed E-state index contributed by atoms with van der Waals surface area (Å²) in [6, 6.07) is 10.1. The molecule has 30 heavy (non-hydrogen) atoms. The normalized spacial score (nSPS) is 11.1. The van der Waals surface area contributed by atoms with Gasteiger partial charge in [-0.05, 0) is 37.3 Å². The van der Waals surface area contributed by atoms with Crippen molar-refractivity contribution in [1.82, 2.24) is 10.4 Å². The third kappa shape index (κ3) is 4.48. The third-order valence-corrected chi connectivity index (χ3v) is 5.38. The summed E-state index contributed by atoms with van der Waals surface area (Å²) in [4.78, 5) is 17.2. The zero-order chi connectivity index (χ0) is 21.9. The first-order valence-electron chi connectivity index (χ1n) is 8.67. The molecule has 1 amide bonds. The number of amides is 1. The minimum atomic E-state index is -4.55. The number of hydrazine groups is 1. The number of nitrogens with zero attached hydrogens (tertiary/aromatic N) is 1. The monoisotopic (exact) mass is 437 g/mol. The zero-order valence-corrected chi connectivity index (χ0v) is 17.1. The number of methoxy groups -OCH3 is 2. The maximum atomic E-state index is 13.1. The Morgan fingerprint density at radius 2 is 1.77 bits per heavy atom. The molecule has 0 saturated heterocycles. The molecule has 2 N–H and O–H groups in total. The van der Waals surface area contributed by atoms with Crippen LogP contribution in [0.25, 0.3) is 10.6 Å². The summed E-state index contributed by atoms with van der Waals surface area (Å²) < 4.78 is 49.7. The molecule has 10 heteroatoms. The van der Waals surface area contributed by atoms with Crippen LogP contribution in [-0.4, -0.2) is 25.1 Å². The Balaban J connectivity index is 1.80. The Morgan fingerprint density at radius 1 is 1.07 bits per heavy atom. The average Bonchev–Trinajstić information content (AvgIpc) is 3.12. The number of nitrogens with one attached hydrogen (secondary N) is 2. The van der Waals surface area contributed by atoms with Crippen molar-refractivity contribution in [2.24, 2.45) is 0 Å². The van der Waals surface area contributed by atoms with E-state index < -0.39 is 17.6 Å². The van der Waals surface area contributed by atoms with E-state index in [-0.39, 0.29) is 10.6 Å². The van der Waals surface area contributed by atoms with Gasteiger partial charge in [0.2, 0.25) is 0 Å². The van der Waals surface area contributed by atoms with E-state index in [4.69, 9.17) is 9.47 Å². The molecule has 2 aromatic carbocycles. The van der Waals surface area contributed by atoms with Gasteiger partial charge in [0.15, 0.2) is 11.5 Å². The molecule has 0 unspecified atom stereocenters. The van der Waals surface area contributed by atoms with E-state index >= 15 is 0 Å². The first-order valence-corrected chi connectivity index (χ1v) is 9.48. The summed E-state index contributed by atoms with van der Waals surface area (Å²) in [7, 11) is 3.04. The van der Waals surface area contributed by atoms with E-state index in [9.17, 15) is 18.0 Å². The van der Waals surface area contributed by atoms with E-state index in [0.717, 1.165) is 23.0 Å². The number of hydrogen-bond donors (Lipinski definition) is 2. The predicted molar refractivity (Wildman–Crippen MR) is 108 cm³/mol. The van der Waals surface area contributed by atoms with Crippen LogP contribution in [0.15, 0.2) is 42.5 Å². The van der Waals surface area contributed by atoms with Gasteiger partial charge in [0, 0.05) is 5.56 Å². The first kappa shape index (κ1) is 21.4. The molecule has 3 rings (SSSR count). The fourth-order valence-electron chi connectivity index (χ4n) is 2.72. The van der Waals surface area contributed by atoms with Gasteiger partial charge in [0.1, 0.15) is 9.88 Å². The smallest absolute Gasteiger partial charge is 0.418 e. The van der Waals surface area contributed by atoms with Crippen LogP contribution in [0.4, 0.5) is 18.9 Å². The quantitative estimate of drug-likeness (QED) is 0.536. The molecule has 158 valence electrons. The Kier molecular flexibility index (Phi) is 6.16. The Bertz CT molecular complexity index is 1070. The molecular weight excluding hydrogens is 419 g/mol. The largest absolute Gasteiger partial charge is 0.493 e. The van der Waals surface area contributed by atoms with Crippen LogP contribution in [0.5, 0.6) is 11.5 Å². The molecule has 0 spiro atoms. The highest BCUT2D eigenvalue weighted by molar-refractivity contribution is 7.17. The van der Waals surface area contributed by atoms with Crippen molar-refractivity contribution in [2.75, 3.05) is 19.6 Å². The highest BCUT2D eigenvalue weighted by Gasteiger charge is 2.33. The minimum absolute atomic E-state index is 0.249. The fourth-order valence-corrected chi connectivity index (χ4v) is 3.68. The standard InChI is InChI=1S/C20H18F3N3O3S/c1-11-17(18(27)26-25-14-7-5-4-6-13(14)20(21,22)23)30-19(24-11)12-8-9-15(28-2)16(10-12)29-3/h4-10,25H,1-3H3,(H,26,27). The van der Waals surface area contributed by atoms with Gasteiger partial charge in [0.05, 0.1) is 31.2 Å². The fraction of sp³-hybridized carbons (Fsp3) is 0.200. The summed E-state index contributed by atoms with van der Waals surface area (Å²) in [6.45, 7) is 1.65. The summed E-state index contributed by atoms with van der Waals surface area (Å²) in [5, 5.41) is 0.564. The van der Waals surface area contributed by atoms with Gasteiger partial charge in [-0.1, -0.05) is 12.1 Å². The number of hydrogen-bond acceptors (Lipinski definition) is 6. The van der Waals surface area contributed by atoms with Crippen LogP contribution in [0.3, 0.4) is 0 Å². The van der Waals surface area contributed by atoms with Gasteiger partial charge in [-0.25, -0.2) is 4.98 Å². The highest BCUT2D eigenvalue weighted by Crippen LogP contribution is 2.36. The van der Waals surface area contributed by atoms with Crippen molar-refractivity contribution in [3.8, 4) is 22.1 Å². The van der Waals surface area contributed by atoms with Crippen LogP contribution in [-0.2, 0) is 6.18 Å². The second-order valence-corrected chi connectivity index (χ2v) is 7.12. The minimum Gasteiger partial charge on any atom is -0.493 e. The van der Waals surface area contributed by atoms with Crippen LogP contribution in [0.2, 0.25) is 0 Å². The Hall–Kier alpha value is -3.27. The van der Waals surface area contributed by atoms with Gasteiger partial charge < -0.3 is 9.47 Å². The maximum absolute atomic E-state index is 13.1. The number of anilines is 1. The molecule has 1 heterocycles. The van der Waals surface area contributed by atoms with Crippen LogP contribution in [0, 0.1) is 6.92 Å². The molecule has 6 nitrogen and oxygen atoms in total. The highest BCUT2D eigenvalue weighted by atomic mass is 32.1. The number of para-hydroxylation sites is 1. The lowest BCUT2D eigenvalue weighted by atomic mass is 10.2. The molecule has 1 aromatic heterocycles. The van der Waals surface area contributed by atoms with E-state index in [1.165, 1.54) is 32.4 Å². The number of carbonyl (C=O) groups is 1. The number of alkyl halides is 3. The first-order chi connectivity index (χ1) is 14.2. The van der Waals surface area contributed by atoms with E-state index in [1.807, 2.05) is 0 Å². The maximum Gasteiger partial charge on any atom is 0.418 e. The second kappa shape index (κ2) is 8.62. The van der Waals surface area contributed by atoms with Gasteiger partial charge in [-0.2, -0.15) is 13.2 Å². The lowest BCUT2D eigenvalue weighted by Crippen LogP contribution is -2.30. The summed E-state index contributed by atoms with van der Waals surface area (Å²) in [5.74, 6) is 0.480. The average molecular weight is 437 g/mol. The molecule has 0 aliphatic carbocycles. The Labute approximate surface area is 174 Å². The summed E-state index contributed by atoms with van der Waals surface area (Å²) >= 11 is 1.12. The van der Waals surface area contributed by atoms with Crippen molar-refractivity contribution in [3.63, 3.8) is 0 Å². The third-order valence-electron chi connectivity index (χ3n) is 4.18. The number of benzene rings is 2. The zero-order valence-electron chi connectivity index (χ0n) is 16.3. The number of halogens is 3. The number of aromatic nitrogens is 1. The summed E-state index contributed by atoms with van der Waals surface area (Å²) in [6.07, 6.45) is -4.55. The van der Waals surface area contributed by atoms with Gasteiger partial charge >= 0.3 is 6.18 Å². The van der Waals surface area contributed by atoms with Crippen molar-refractivity contribution in [1.29, 1.82) is 0 Å². The SMILES string of the molecule is COc1ccc(-c2nc(C)c(C(=O)NNc3ccccc3C(F)(F)F)s2)cc1OC. The van der Waals surface area contributed by atoms with Crippen molar-refractivity contribution in [2.45, 2.75) is 13.1 Å². The molecule has 0 saturated carbocycles. The lowest BCUT2D eigenvalue weighted by molar-refractivity contribution is -0.137. The molecule has 0 aliphatic heterocycles. The lowest BCUT2D eigenvalue weighted by Gasteiger charge is -2.14. The van der Waals surface area contributed by atoms with Gasteiger partial charge in [-0.3, -0.25) is 15.6 Å². The number of ether oxygens (including phenoxy) is 2. The number of thiazole rings is 1. The molecule has 0 aliphatic rings. The van der Waals surface area contributed by atoms with Gasteiger partial charge in [-0.15, -0.1) is 11.3 Å². The molecule has 3 aromatic rings. The van der Waals surface area contributed by atoms with E-state index in [1.54, 1.807) is 25.1 Å². The van der Waals surface area contributed by atoms with Crippen molar-refractivity contribution >= 4 is 22.9 Å². The van der Waals surface area contributed by atoms with Crippen LogP contribution >= 0.6 is 11.3 Å². The van der Waals surface area contributed by atoms with Crippen LogP contribution in [0.1, 0.15) is 20.9 Å². The van der Waals surface area contributed by atoms with Gasteiger partial charge in [0.25, 0.3) is 5.91 Å². The van der Waals surface area contributed by atoms with Crippen molar-refractivity contribution in [3.05, 3.63) is 58.6 Å². The van der Waals surface area contributed by atoms with E-state index in [0.29, 0.717) is 22.2 Å². The second-order valence-electron chi connectivity index (χ2n) is 6.13. The van der Waals surface area contributed by atoms with Crippen molar-refractivity contribution < 1.29 is 27.4 Å². The summed E-state index contributed by atoms with van der Waals surface area (Å²) in [5.41, 5.74) is 4.70. The number of rotatable bonds is 6. The number of carbonyl (C=O) groups excluding carboxylic acids is 1. The van der Waals surface area contributed by atoms with Crippen LogP contribution < -0.4 is 20.3 Å². The predicted octanol–water partition coefficient (Wildman–Crippen LogP) is 4.91. The molecule has 0 bridgehead atoms. The molecule has 0 radical (unpaired) electrons. The van der Waals surface area contributed by atoms with E-state index in [2.05, 4.69) is 15.8 Å².